The van der Waals surface area contributed by atoms with Gasteiger partial charge in [0.05, 0.1) is 25.3 Å². The third kappa shape index (κ3) is 3.37. The van der Waals surface area contributed by atoms with E-state index < -0.39 is 0 Å². The van der Waals surface area contributed by atoms with Crippen molar-refractivity contribution >= 4 is 5.91 Å². The van der Waals surface area contributed by atoms with E-state index in [1.54, 1.807) is 12.4 Å². The van der Waals surface area contributed by atoms with Gasteiger partial charge in [0, 0.05) is 61.7 Å². The SMILES string of the molecule is CCCN1[C@H](C(=O)N2CCOCC2)[C@@H](CO)[C@@H]2Cn3c(ccc(-c4ccncc4)c3=O)[C@@H]21. The average molecular weight is 439 g/mol. The number of likely N-dealkylation sites (tertiary alicyclic amines) is 1. The van der Waals surface area contributed by atoms with Gasteiger partial charge in [0.25, 0.3) is 5.56 Å². The summed E-state index contributed by atoms with van der Waals surface area (Å²) in [5.41, 5.74) is 2.43. The van der Waals surface area contributed by atoms with Crippen LogP contribution in [-0.4, -0.2) is 75.9 Å². The van der Waals surface area contributed by atoms with Gasteiger partial charge in [-0.2, -0.15) is 0 Å². The molecule has 170 valence electrons. The quantitative estimate of drug-likeness (QED) is 0.753. The van der Waals surface area contributed by atoms with Crippen LogP contribution in [0.25, 0.3) is 11.1 Å². The van der Waals surface area contributed by atoms with Gasteiger partial charge in [0.15, 0.2) is 0 Å². The van der Waals surface area contributed by atoms with E-state index in [1.807, 2.05) is 33.7 Å². The monoisotopic (exact) mass is 438 g/mol. The number of aliphatic hydroxyl groups is 1. The molecule has 2 aromatic rings. The highest BCUT2D eigenvalue weighted by atomic mass is 16.5. The molecule has 3 aliphatic rings. The molecule has 0 aromatic carbocycles. The largest absolute Gasteiger partial charge is 0.396 e. The third-order valence-electron chi connectivity index (χ3n) is 7.24. The van der Waals surface area contributed by atoms with Crippen LogP contribution in [0.15, 0.2) is 41.5 Å². The number of morpholine rings is 1. The Kier molecular flexibility index (Phi) is 5.84. The highest BCUT2D eigenvalue weighted by Crippen LogP contribution is 2.49. The van der Waals surface area contributed by atoms with Crippen molar-refractivity contribution in [1.29, 1.82) is 0 Å². The molecule has 0 radical (unpaired) electrons. The van der Waals surface area contributed by atoms with E-state index in [-0.39, 0.29) is 42.0 Å². The van der Waals surface area contributed by atoms with Crippen LogP contribution in [0.1, 0.15) is 25.1 Å². The Hall–Kier alpha value is -2.55. The van der Waals surface area contributed by atoms with Gasteiger partial charge < -0.3 is 19.3 Å². The number of ether oxygens (including phenoxy) is 1. The fourth-order valence-electron chi connectivity index (χ4n) is 5.83. The fourth-order valence-corrected chi connectivity index (χ4v) is 5.83. The van der Waals surface area contributed by atoms with E-state index in [1.165, 1.54) is 0 Å². The van der Waals surface area contributed by atoms with Crippen LogP contribution in [0.3, 0.4) is 0 Å². The highest BCUT2D eigenvalue weighted by Gasteiger charge is 2.55. The average Bonchev–Trinajstić information content (AvgIpc) is 3.36. The lowest BCUT2D eigenvalue weighted by Gasteiger charge is -2.36. The summed E-state index contributed by atoms with van der Waals surface area (Å²) in [6.45, 7) is 5.60. The Morgan fingerprint density at radius 2 is 1.94 bits per heavy atom. The van der Waals surface area contributed by atoms with Gasteiger partial charge in [-0.15, -0.1) is 0 Å². The maximum absolute atomic E-state index is 13.5. The lowest BCUT2D eigenvalue weighted by molar-refractivity contribution is -0.142. The van der Waals surface area contributed by atoms with E-state index in [0.29, 0.717) is 38.4 Å². The first-order valence-corrected chi connectivity index (χ1v) is 11.5. The van der Waals surface area contributed by atoms with Crippen LogP contribution < -0.4 is 5.56 Å². The second-order valence-electron chi connectivity index (χ2n) is 8.90. The molecule has 5 rings (SSSR count). The summed E-state index contributed by atoms with van der Waals surface area (Å²) in [6, 6.07) is 7.20. The lowest BCUT2D eigenvalue weighted by Crippen LogP contribution is -2.53. The van der Waals surface area contributed by atoms with E-state index >= 15 is 0 Å². The number of hydrogen-bond donors (Lipinski definition) is 1. The molecule has 8 nitrogen and oxygen atoms in total. The zero-order chi connectivity index (χ0) is 22.2. The number of pyridine rings is 2. The van der Waals surface area contributed by atoms with Crippen LogP contribution in [0.4, 0.5) is 0 Å². The van der Waals surface area contributed by atoms with Crippen LogP contribution in [0.5, 0.6) is 0 Å². The minimum Gasteiger partial charge on any atom is -0.396 e. The number of fused-ring (bicyclic) bond motifs is 3. The molecular weight excluding hydrogens is 408 g/mol. The minimum atomic E-state index is -0.364. The molecule has 8 heteroatoms. The maximum Gasteiger partial charge on any atom is 0.258 e. The molecule has 1 amide bonds. The lowest BCUT2D eigenvalue weighted by atomic mass is 9.88. The summed E-state index contributed by atoms with van der Waals surface area (Å²) in [5.74, 6) is -0.0926. The molecule has 4 atom stereocenters. The molecule has 0 bridgehead atoms. The molecule has 2 fully saturated rings. The molecule has 1 N–H and O–H groups in total. The van der Waals surface area contributed by atoms with Gasteiger partial charge in [-0.05, 0) is 42.8 Å². The van der Waals surface area contributed by atoms with Gasteiger partial charge >= 0.3 is 0 Å². The van der Waals surface area contributed by atoms with Gasteiger partial charge in [0.2, 0.25) is 5.91 Å². The summed E-state index contributed by atoms with van der Waals surface area (Å²) in [7, 11) is 0. The number of hydrogen-bond acceptors (Lipinski definition) is 6. The van der Waals surface area contributed by atoms with Crippen LogP contribution >= 0.6 is 0 Å². The molecule has 0 saturated carbocycles. The second-order valence-corrected chi connectivity index (χ2v) is 8.90. The predicted octanol–water partition coefficient (Wildman–Crippen LogP) is 1.14. The summed E-state index contributed by atoms with van der Waals surface area (Å²) < 4.78 is 7.28. The van der Waals surface area contributed by atoms with E-state index in [0.717, 1.165) is 24.2 Å². The number of rotatable bonds is 5. The summed E-state index contributed by atoms with van der Waals surface area (Å²) in [5, 5.41) is 10.4. The smallest absolute Gasteiger partial charge is 0.258 e. The Morgan fingerprint density at radius 3 is 2.62 bits per heavy atom. The van der Waals surface area contributed by atoms with Crippen molar-refractivity contribution in [1.82, 2.24) is 19.4 Å². The zero-order valence-corrected chi connectivity index (χ0v) is 18.4. The van der Waals surface area contributed by atoms with Crippen LogP contribution in [0, 0.1) is 11.8 Å². The van der Waals surface area contributed by atoms with Gasteiger partial charge in [0.1, 0.15) is 0 Å². The topological polar surface area (TPSA) is 87.9 Å². The fraction of sp³-hybridized carbons (Fsp3) is 0.542. The van der Waals surface area contributed by atoms with Crippen molar-refractivity contribution in [3.05, 3.63) is 52.7 Å². The molecule has 0 spiro atoms. The van der Waals surface area contributed by atoms with E-state index in [2.05, 4.69) is 16.8 Å². The van der Waals surface area contributed by atoms with Gasteiger partial charge in [-0.25, -0.2) is 0 Å². The van der Waals surface area contributed by atoms with Crippen molar-refractivity contribution in [2.24, 2.45) is 11.8 Å². The normalized spacial score (nSPS) is 27.4. The van der Waals surface area contributed by atoms with Crippen molar-refractivity contribution in [2.75, 3.05) is 39.5 Å². The molecule has 0 unspecified atom stereocenters. The Labute approximate surface area is 187 Å². The molecule has 0 aliphatic carbocycles. The molecular formula is C24H30N4O4. The number of aromatic nitrogens is 2. The Morgan fingerprint density at radius 1 is 1.19 bits per heavy atom. The first-order chi connectivity index (χ1) is 15.7. The highest BCUT2D eigenvalue weighted by molar-refractivity contribution is 5.83. The number of aliphatic hydroxyl groups excluding tert-OH is 1. The third-order valence-corrected chi connectivity index (χ3v) is 7.24. The van der Waals surface area contributed by atoms with Crippen molar-refractivity contribution in [2.45, 2.75) is 32.0 Å². The first-order valence-electron chi connectivity index (χ1n) is 11.5. The number of carbonyl (C=O) groups excluding carboxylic acids is 1. The van der Waals surface area contributed by atoms with Crippen molar-refractivity contribution in [3.63, 3.8) is 0 Å². The molecule has 5 heterocycles. The molecule has 3 aliphatic heterocycles. The number of nitrogens with zero attached hydrogens (tertiary/aromatic N) is 4. The molecule has 32 heavy (non-hydrogen) atoms. The van der Waals surface area contributed by atoms with Crippen LogP contribution in [0.2, 0.25) is 0 Å². The summed E-state index contributed by atoms with van der Waals surface area (Å²) in [6.07, 6.45) is 4.27. The number of amides is 1. The maximum atomic E-state index is 13.5. The van der Waals surface area contributed by atoms with Gasteiger partial charge in [-0.3, -0.25) is 19.5 Å². The van der Waals surface area contributed by atoms with Crippen molar-refractivity contribution < 1.29 is 14.6 Å². The zero-order valence-electron chi connectivity index (χ0n) is 18.4. The molecule has 2 saturated heterocycles. The van der Waals surface area contributed by atoms with Gasteiger partial charge in [-0.1, -0.05) is 6.92 Å². The summed E-state index contributed by atoms with van der Waals surface area (Å²) in [4.78, 5) is 35.1. The standard InChI is InChI=1S/C24H30N4O4/c1-2-9-27-21-18(19(15-29)22(27)24(31)26-10-12-32-13-11-26)14-28-20(21)4-3-17(23(28)30)16-5-7-25-8-6-16/h3-8,18-19,21-22,29H,2,9-15H2,1H3/t18-,19-,21+,22-/m0/s1. The Bertz CT molecular complexity index is 1030. The Balaban J connectivity index is 1.53. The predicted molar refractivity (Wildman–Crippen MR) is 119 cm³/mol. The number of carbonyl (C=O) groups is 1. The van der Waals surface area contributed by atoms with Crippen molar-refractivity contribution in [3.8, 4) is 11.1 Å². The molecule has 2 aromatic heterocycles. The van der Waals surface area contributed by atoms with Crippen LogP contribution in [-0.2, 0) is 16.1 Å². The van der Waals surface area contributed by atoms with E-state index in [9.17, 15) is 14.7 Å². The second kappa shape index (κ2) is 8.77. The first kappa shape index (κ1) is 21.3. The summed E-state index contributed by atoms with van der Waals surface area (Å²) >= 11 is 0. The van der Waals surface area contributed by atoms with E-state index in [4.69, 9.17) is 4.74 Å². The minimum absolute atomic E-state index is 0.0210.